The summed E-state index contributed by atoms with van der Waals surface area (Å²) in [6.07, 6.45) is 3.44. The van der Waals surface area contributed by atoms with Gasteiger partial charge in [0, 0.05) is 0 Å². The van der Waals surface area contributed by atoms with Gasteiger partial charge in [-0.2, -0.15) is 0 Å². The summed E-state index contributed by atoms with van der Waals surface area (Å²) in [6.45, 7) is 2.70. The number of rotatable bonds is 4. The van der Waals surface area contributed by atoms with Crippen LogP contribution in [-0.2, 0) is 16.1 Å². The summed E-state index contributed by atoms with van der Waals surface area (Å²) in [5.41, 5.74) is 2.43. The molecule has 3 heteroatoms. The van der Waals surface area contributed by atoms with Gasteiger partial charge in [0.25, 0.3) is 0 Å². The second-order valence-corrected chi connectivity index (χ2v) is 5.11. The number of hydrogen-bond donors (Lipinski definition) is 1. The molecule has 1 aromatic rings. The summed E-state index contributed by atoms with van der Waals surface area (Å²) in [4.78, 5) is 10.8. The fourth-order valence-corrected chi connectivity index (χ4v) is 2.49. The van der Waals surface area contributed by atoms with Gasteiger partial charge in [-0.15, -0.1) is 0 Å². The van der Waals surface area contributed by atoms with Gasteiger partial charge < -0.3 is 9.84 Å². The molecule has 18 heavy (non-hydrogen) atoms. The Labute approximate surface area is 108 Å². The molecule has 0 unspecified atom stereocenters. The zero-order valence-electron chi connectivity index (χ0n) is 10.8. The van der Waals surface area contributed by atoms with Crippen molar-refractivity contribution in [1.29, 1.82) is 0 Å². The topological polar surface area (TPSA) is 46.5 Å². The molecule has 1 saturated carbocycles. The second-order valence-electron chi connectivity index (χ2n) is 5.11. The van der Waals surface area contributed by atoms with Crippen LogP contribution in [0.3, 0.4) is 0 Å². The molecule has 98 valence electrons. The first-order chi connectivity index (χ1) is 8.65. The van der Waals surface area contributed by atoms with E-state index in [4.69, 9.17) is 9.84 Å². The Bertz CT molecular complexity index is 406. The van der Waals surface area contributed by atoms with Gasteiger partial charge >= 0.3 is 5.97 Å². The number of ether oxygens (including phenoxy) is 1. The molecule has 0 aromatic heterocycles. The zero-order valence-corrected chi connectivity index (χ0v) is 10.8. The van der Waals surface area contributed by atoms with Crippen molar-refractivity contribution in [3.8, 4) is 0 Å². The highest BCUT2D eigenvalue weighted by atomic mass is 16.5. The van der Waals surface area contributed by atoms with Crippen LogP contribution in [0.25, 0.3) is 0 Å². The Balaban J connectivity index is 1.77. The Morgan fingerprint density at radius 3 is 2.67 bits per heavy atom. The molecule has 0 radical (unpaired) electrons. The van der Waals surface area contributed by atoms with Crippen molar-refractivity contribution < 1.29 is 14.6 Å². The molecule has 1 aliphatic rings. The summed E-state index contributed by atoms with van der Waals surface area (Å²) >= 11 is 0. The average molecular weight is 248 g/mol. The number of carboxylic acids is 1. The van der Waals surface area contributed by atoms with E-state index in [2.05, 4.69) is 25.1 Å². The maximum atomic E-state index is 10.8. The second kappa shape index (κ2) is 6.01. The lowest BCUT2D eigenvalue weighted by Crippen LogP contribution is -2.25. The lowest BCUT2D eigenvalue weighted by Gasteiger charge is -2.26. The van der Waals surface area contributed by atoms with Gasteiger partial charge in [0.15, 0.2) is 0 Å². The monoisotopic (exact) mass is 248 g/mol. The summed E-state index contributed by atoms with van der Waals surface area (Å²) in [5, 5.41) is 8.92. The highest BCUT2D eigenvalue weighted by Crippen LogP contribution is 2.27. The lowest BCUT2D eigenvalue weighted by molar-refractivity contribution is -0.143. The first kappa shape index (κ1) is 13.1. The van der Waals surface area contributed by atoms with Gasteiger partial charge in [-0.05, 0) is 38.2 Å². The van der Waals surface area contributed by atoms with Crippen LogP contribution in [0.1, 0.15) is 36.8 Å². The van der Waals surface area contributed by atoms with Gasteiger partial charge in [-0.25, -0.2) is 0 Å². The van der Waals surface area contributed by atoms with Crippen molar-refractivity contribution in [3.05, 3.63) is 35.4 Å². The summed E-state index contributed by atoms with van der Waals surface area (Å²) in [5.74, 6) is -0.823. The molecular weight excluding hydrogens is 228 g/mol. The van der Waals surface area contributed by atoms with Crippen molar-refractivity contribution in [2.45, 2.75) is 45.3 Å². The van der Waals surface area contributed by atoms with Gasteiger partial charge in [0.05, 0.1) is 18.6 Å². The van der Waals surface area contributed by atoms with Crippen LogP contribution in [0.5, 0.6) is 0 Å². The summed E-state index contributed by atoms with van der Waals surface area (Å²) in [7, 11) is 0. The average Bonchev–Trinajstić information content (AvgIpc) is 2.37. The largest absolute Gasteiger partial charge is 0.481 e. The number of benzene rings is 1. The zero-order chi connectivity index (χ0) is 13.0. The maximum Gasteiger partial charge on any atom is 0.306 e. The quantitative estimate of drug-likeness (QED) is 0.890. The smallest absolute Gasteiger partial charge is 0.306 e. The molecule has 1 fully saturated rings. The molecule has 0 spiro atoms. The molecule has 1 aromatic carbocycles. The number of hydrogen-bond acceptors (Lipinski definition) is 2. The lowest BCUT2D eigenvalue weighted by atomic mass is 9.87. The van der Waals surface area contributed by atoms with E-state index in [9.17, 15) is 4.79 Å². The van der Waals surface area contributed by atoms with E-state index < -0.39 is 5.97 Å². The molecule has 0 saturated heterocycles. The van der Waals surface area contributed by atoms with E-state index in [1.165, 1.54) is 11.1 Å². The molecule has 0 bridgehead atoms. The van der Waals surface area contributed by atoms with Crippen LogP contribution in [-0.4, -0.2) is 17.2 Å². The molecule has 0 amide bonds. The van der Waals surface area contributed by atoms with Crippen molar-refractivity contribution >= 4 is 5.97 Å². The minimum absolute atomic E-state index is 0.163. The highest BCUT2D eigenvalue weighted by molar-refractivity contribution is 5.70. The Kier molecular flexibility index (Phi) is 4.37. The Morgan fingerprint density at radius 2 is 2.06 bits per heavy atom. The first-order valence-electron chi connectivity index (χ1n) is 6.55. The number of aliphatic carboxylic acids is 1. The predicted octanol–water partition coefficient (Wildman–Crippen LogP) is 3.16. The van der Waals surface area contributed by atoms with E-state index in [1.54, 1.807) is 0 Å². The minimum Gasteiger partial charge on any atom is -0.481 e. The maximum absolute atomic E-state index is 10.8. The molecule has 1 aliphatic carbocycles. The van der Waals surface area contributed by atoms with E-state index in [0.717, 1.165) is 25.7 Å². The number of carboxylic acid groups (broad SMARTS) is 1. The molecular formula is C15H20O3. The van der Waals surface area contributed by atoms with E-state index >= 15 is 0 Å². The summed E-state index contributed by atoms with van der Waals surface area (Å²) < 4.78 is 5.86. The number of carbonyl (C=O) groups is 1. The van der Waals surface area contributed by atoms with E-state index in [0.29, 0.717) is 6.61 Å². The fraction of sp³-hybridized carbons (Fsp3) is 0.533. The van der Waals surface area contributed by atoms with Crippen LogP contribution in [0.4, 0.5) is 0 Å². The SMILES string of the molecule is Cc1cccc(COC2CCC(C(=O)O)CC2)c1. The molecule has 1 N–H and O–H groups in total. The molecule has 0 atom stereocenters. The normalized spacial score (nSPS) is 23.8. The van der Waals surface area contributed by atoms with Crippen LogP contribution >= 0.6 is 0 Å². The van der Waals surface area contributed by atoms with Crippen LogP contribution in [0, 0.1) is 12.8 Å². The van der Waals surface area contributed by atoms with Gasteiger partial charge in [0.1, 0.15) is 0 Å². The van der Waals surface area contributed by atoms with Crippen molar-refractivity contribution in [3.63, 3.8) is 0 Å². The standard InChI is InChI=1S/C15H20O3/c1-11-3-2-4-12(9-11)10-18-14-7-5-13(6-8-14)15(16)17/h2-4,9,13-14H,5-8,10H2,1H3,(H,16,17). The third-order valence-corrected chi connectivity index (χ3v) is 3.59. The van der Waals surface area contributed by atoms with Crippen molar-refractivity contribution in [1.82, 2.24) is 0 Å². The molecule has 3 nitrogen and oxygen atoms in total. The van der Waals surface area contributed by atoms with Crippen LogP contribution < -0.4 is 0 Å². The highest BCUT2D eigenvalue weighted by Gasteiger charge is 2.26. The minimum atomic E-state index is -0.660. The predicted molar refractivity (Wildman–Crippen MR) is 69.3 cm³/mol. The molecule has 0 heterocycles. The van der Waals surface area contributed by atoms with Gasteiger partial charge in [-0.1, -0.05) is 29.8 Å². The van der Waals surface area contributed by atoms with E-state index in [1.807, 2.05) is 6.07 Å². The molecule has 0 aliphatic heterocycles. The summed E-state index contributed by atoms with van der Waals surface area (Å²) in [6, 6.07) is 8.30. The van der Waals surface area contributed by atoms with Crippen LogP contribution in [0.15, 0.2) is 24.3 Å². The third kappa shape index (κ3) is 3.57. The Hall–Kier alpha value is -1.35. The van der Waals surface area contributed by atoms with Gasteiger partial charge in [-0.3, -0.25) is 4.79 Å². The first-order valence-corrected chi connectivity index (χ1v) is 6.55. The fourth-order valence-electron chi connectivity index (χ4n) is 2.49. The third-order valence-electron chi connectivity index (χ3n) is 3.59. The van der Waals surface area contributed by atoms with Crippen molar-refractivity contribution in [2.75, 3.05) is 0 Å². The molecule has 2 rings (SSSR count). The number of aryl methyl sites for hydroxylation is 1. The van der Waals surface area contributed by atoms with Crippen molar-refractivity contribution in [2.24, 2.45) is 5.92 Å². The van der Waals surface area contributed by atoms with E-state index in [-0.39, 0.29) is 12.0 Å². The van der Waals surface area contributed by atoms with Gasteiger partial charge in [0.2, 0.25) is 0 Å². The van der Waals surface area contributed by atoms with Crippen LogP contribution in [0.2, 0.25) is 0 Å². The Morgan fingerprint density at radius 1 is 1.33 bits per heavy atom.